The van der Waals surface area contributed by atoms with Gasteiger partial charge in [-0.25, -0.2) is 0 Å². The summed E-state index contributed by atoms with van der Waals surface area (Å²) in [5, 5.41) is 12.0. The van der Waals surface area contributed by atoms with E-state index in [2.05, 4.69) is 15.5 Å². The minimum Gasteiger partial charge on any atom is -0.493 e. The summed E-state index contributed by atoms with van der Waals surface area (Å²) in [7, 11) is 3.46. The topological polar surface area (TPSA) is 78.3 Å². The lowest BCUT2D eigenvalue weighted by molar-refractivity contribution is -0.113. The first-order valence-corrected chi connectivity index (χ1v) is 11.5. The smallest absolute Gasteiger partial charge is 0.234 e. The molecule has 0 radical (unpaired) electrons. The fraction of sp³-hybridized carbons (Fsp3) is 0.286. The molecule has 0 aliphatic heterocycles. The van der Waals surface area contributed by atoms with Crippen molar-refractivity contribution in [3.05, 3.63) is 54.4 Å². The number of rotatable bonds is 9. The zero-order valence-electron chi connectivity index (χ0n) is 17.3. The van der Waals surface area contributed by atoms with Gasteiger partial charge in [0.25, 0.3) is 0 Å². The Morgan fingerprint density at radius 2 is 1.93 bits per heavy atom. The standard InChI is InChI=1S/C21H24N4O3S2/c1-14(28-18-11-6-5-10-17(18)27-3)20-23-24-21(25(20)2)30-13-19(26)22-15-8-7-9-16(12-15)29-4/h5-12,14H,13H2,1-4H3,(H,22,26). The monoisotopic (exact) mass is 444 g/mol. The molecular weight excluding hydrogens is 420 g/mol. The van der Waals surface area contributed by atoms with Crippen molar-refractivity contribution in [1.82, 2.24) is 14.8 Å². The molecule has 0 aliphatic rings. The maximum atomic E-state index is 12.3. The molecule has 0 saturated heterocycles. The highest BCUT2D eigenvalue weighted by Gasteiger charge is 2.19. The Morgan fingerprint density at radius 3 is 2.67 bits per heavy atom. The maximum absolute atomic E-state index is 12.3. The van der Waals surface area contributed by atoms with E-state index in [1.54, 1.807) is 18.9 Å². The van der Waals surface area contributed by atoms with E-state index in [4.69, 9.17) is 9.47 Å². The molecule has 9 heteroatoms. The third-order valence-corrected chi connectivity index (χ3v) is 6.04. The highest BCUT2D eigenvalue weighted by atomic mass is 32.2. The summed E-state index contributed by atoms with van der Waals surface area (Å²) < 4.78 is 13.2. The van der Waals surface area contributed by atoms with E-state index in [1.807, 2.05) is 73.3 Å². The first kappa shape index (κ1) is 22.0. The molecule has 1 aromatic heterocycles. The zero-order valence-corrected chi connectivity index (χ0v) is 18.9. The number of hydrogen-bond donors (Lipinski definition) is 1. The second-order valence-electron chi connectivity index (χ2n) is 6.38. The fourth-order valence-electron chi connectivity index (χ4n) is 2.79. The summed E-state index contributed by atoms with van der Waals surface area (Å²) in [4.78, 5) is 13.4. The molecule has 30 heavy (non-hydrogen) atoms. The summed E-state index contributed by atoms with van der Waals surface area (Å²) in [6, 6.07) is 15.2. The van der Waals surface area contributed by atoms with Crippen LogP contribution in [-0.2, 0) is 11.8 Å². The zero-order chi connectivity index (χ0) is 21.5. The molecular formula is C21H24N4O3S2. The molecule has 3 aromatic rings. The van der Waals surface area contributed by atoms with E-state index in [1.165, 1.54) is 11.8 Å². The van der Waals surface area contributed by atoms with Crippen LogP contribution in [0.5, 0.6) is 11.5 Å². The van der Waals surface area contributed by atoms with Gasteiger partial charge in [0.15, 0.2) is 28.6 Å². The lowest BCUT2D eigenvalue weighted by atomic mass is 10.3. The molecule has 0 bridgehead atoms. The Hall–Kier alpha value is -2.65. The van der Waals surface area contributed by atoms with Gasteiger partial charge in [0.05, 0.1) is 12.9 Å². The summed E-state index contributed by atoms with van der Waals surface area (Å²) in [5.41, 5.74) is 0.782. The summed E-state index contributed by atoms with van der Waals surface area (Å²) >= 11 is 2.96. The molecule has 1 heterocycles. The normalized spacial score (nSPS) is 11.7. The van der Waals surface area contributed by atoms with Crippen molar-refractivity contribution in [2.75, 3.05) is 24.4 Å². The number of aromatic nitrogens is 3. The van der Waals surface area contributed by atoms with Gasteiger partial charge < -0.3 is 19.4 Å². The molecule has 2 aromatic carbocycles. The predicted molar refractivity (Wildman–Crippen MR) is 121 cm³/mol. The summed E-state index contributed by atoms with van der Waals surface area (Å²) in [5.74, 6) is 2.09. The van der Waals surface area contributed by atoms with E-state index in [9.17, 15) is 4.79 Å². The van der Waals surface area contributed by atoms with Crippen LogP contribution in [0.2, 0.25) is 0 Å². The quantitative estimate of drug-likeness (QED) is 0.490. The molecule has 3 rings (SSSR count). The molecule has 1 N–H and O–H groups in total. The van der Waals surface area contributed by atoms with Crippen LogP contribution < -0.4 is 14.8 Å². The maximum Gasteiger partial charge on any atom is 0.234 e. The van der Waals surface area contributed by atoms with Crippen molar-refractivity contribution in [3.63, 3.8) is 0 Å². The third-order valence-electron chi connectivity index (χ3n) is 4.29. The fourth-order valence-corrected chi connectivity index (χ4v) is 3.97. The average molecular weight is 445 g/mol. The Morgan fingerprint density at radius 1 is 1.17 bits per heavy atom. The first-order valence-electron chi connectivity index (χ1n) is 9.27. The number of amides is 1. The van der Waals surface area contributed by atoms with Crippen LogP contribution in [0, 0.1) is 0 Å². The molecule has 158 valence electrons. The number of nitrogens with one attached hydrogen (secondary N) is 1. The van der Waals surface area contributed by atoms with E-state index >= 15 is 0 Å². The minimum absolute atomic E-state index is 0.0962. The number of hydrogen-bond acceptors (Lipinski definition) is 7. The van der Waals surface area contributed by atoms with E-state index in [0.717, 1.165) is 10.6 Å². The molecule has 0 fully saturated rings. The molecule has 7 nitrogen and oxygen atoms in total. The number of thioether (sulfide) groups is 2. The van der Waals surface area contributed by atoms with Crippen LogP contribution in [0.3, 0.4) is 0 Å². The Labute approximate surface area is 184 Å². The summed E-state index contributed by atoms with van der Waals surface area (Å²) in [6.45, 7) is 1.90. The van der Waals surface area contributed by atoms with E-state index in [-0.39, 0.29) is 17.8 Å². The molecule has 1 unspecified atom stereocenters. The van der Waals surface area contributed by atoms with Crippen molar-refractivity contribution in [1.29, 1.82) is 0 Å². The highest BCUT2D eigenvalue weighted by Crippen LogP contribution is 2.30. The van der Waals surface area contributed by atoms with Crippen molar-refractivity contribution < 1.29 is 14.3 Å². The van der Waals surface area contributed by atoms with Crippen LogP contribution in [-0.4, -0.2) is 39.8 Å². The van der Waals surface area contributed by atoms with E-state index in [0.29, 0.717) is 22.5 Å². The van der Waals surface area contributed by atoms with Crippen molar-refractivity contribution in [2.45, 2.75) is 23.1 Å². The van der Waals surface area contributed by atoms with Crippen molar-refractivity contribution in [2.24, 2.45) is 7.05 Å². The molecule has 0 spiro atoms. The largest absolute Gasteiger partial charge is 0.493 e. The molecule has 1 amide bonds. The van der Waals surface area contributed by atoms with Crippen molar-refractivity contribution in [3.8, 4) is 11.5 Å². The number of benzene rings is 2. The van der Waals surface area contributed by atoms with Gasteiger partial charge in [-0.15, -0.1) is 22.0 Å². The second-order valence-corrected chi connectivity index (χ2v) is 8.20. The van der Waals surface area contributed by atoms with Crippen LogP contribution in [0.15, 0.2) is 58.6 Å². The summed E-state index contributed by atoms with van der Waals surface area (Å²) in [6.07, 6.45) is 1.66. The van der Waals surface area contributed by atoms with Crippen molar-refractivity contribution >= 4 is 35.1 Å². The van der Waals surface area contributed by atoms with Crippen LogP contribution in [0.25, 0.3) is 0 Å². The Balaban J connectivity index is 1.60. The van der Waals surface area contributed by atoms with Crippen LogP contribution in [0.1, 0.15) is 18.9 Å². The third kappa shape index (κ3) is 5.48. The number of nitrogens with zero attached hydrogens (tertiary/aromatic N) is 3. The molecule has 0 aliphatic carbocycles. The van der Waals surface area contributed by atoms with Crippen LogP contribution >= 0.6 is 23.5 Å². The number of ether oxygens (including phenoxy) is 2. The Kier molecular flexibility index (Phi) is 7.64. The van der Waals surface area contributed by atoms with Gasteiger partial charge in [0, 0.05) is 17.6 Å². The number of anilines is 1. The van der Waals surface area contributed by atoms with Gasteiger partial charge in [-0.3, -0.25) is 4.79 Å². The van der Waals surface area contributed by atoms with Gasteiger partial charge in [0.1, 0.15) is 0 Å². The lowest BCUT2D eigenvalue weighted by Gasteiger charge is -2.16. The Bertz CT molecular complexity index is 1010. The van der Waals surface area contributed by atoms with Gasteiger partial charge in [-0.05, 0) is 43.5 Å². The van der Waals surface area contributed by atoms with Gasteiger partial charge in [-0.1, -0.05) is 30.0 Å². The van der Waals surface area contributed by atoms with Gasteiger partial charge in [-0.2, -0.15) is 0 Å². The molecule has 1 atom stereocenters. The second kappa shape index (κ2) is 10.4. The van der Waals surface area contributed by atoms with Crippen LogP contribution in [0.4, 0.5) is 5.69 Å². The van der Waals surface area contributed by atoms with Gasteiger partial charge >= 0.3 is 0 Å². The number of carbonyl (C=O) groups is 1. The average Bonchev–Trinajstić information content (AvgIpc) is 3.13. The van der Waals surface area contributed by atoms with Gasteiger partial charge in [0.2, 0.25) is 5.91 Å². The number of methoxy groups -OCH3 is 1. The number of carbonyl (C=O) groups excluding carboxylic acids is 1. The predicted octanol–water partition coefficient (Wildman–Crippen LogP) is 4.42. The van der Waals surface area contributed by atoms with E-state index < -0.39 is 0 Å². The SMILES string of the molecule is COc1ccccc1OC(C)c1nnc(SCC(=O)Nc2cccc(SC)c2)n1C. The minimum atomic E-state index is -0.337. The molecule has 0 saturated carbocycles. The lowest BCUT2D eigenvalue weighted by Crippen LogP contribution is -2.15. The highest BCUT2D eigenvalue weighted by molar-refractivity contribution is 7.99. The number of para-hydroxylation sites is 2. The first-order chi connectivity index (χ1) is 14.5.